The highest BCUT2D eigenvalue weighted by Gasteiger charge is 2.53. The number of carbonyl (C=O) groups is 1. The quantitative estimate of drug-likeness (QED) is 0.209. The van der Waals surface area contributed by atoms with Crippen molar-refractivity contribution in [2.75, 3.05) is 4.90 Å². The van der Waals surface area contributed by atoms with E-state index in [2.05, 4.69) is 164 Å². The SMILES string of the molecule is CC(C)(C)c1ccc(N2c3ccc(C(C)(C)C)cc3C3(c4ccccc4-c4ccccc43)c3cc(C(C)(C)C)cc(C(=O)O)c32)cc1. The molecule has 0 amide bonds. The number of fused-ring (bicyclic) bond motifs is 9. The Bertz CT molecular complexity index is 2020. The summed E-state index contributed by atoms with van der Waals surface area (Å²) in [5.74, 6) is -0.923. The van der Waals surface area contributed by atoms with Crippen LogP contribution in [0.4, 0.5) is 17.1 Å². The highest BCUT2D eigenvalue weighted by atomic mass is 16.4. The molecule has 3 heteroatoms. The molecular weight excluding hydrogens is 574 g/mol. The molecule has 0 bridgehead atoms. The van der Waals surface area contributed by atoms with Gasteiger partial charge in [-0.25, -0.2) is 4.79 Å². The van der Waals surface area contributed by atoms with E-state index in [9.17, 15) is 9.90 Å². The average molecular weight is 620 g/mol. The Balaban J connectivity index is 1.71. The van der Waals surface area contributed by atoms with Gasteiger partial charge in [0.2, 0.25) is 0 Å². The maximum atomic E-state index is 13.5. The number of rotatable bonds is 2. The van der Waals surface area contributed by atoms with Crippen molar-refractivity contribution in [2.24, 2.45) is 0 Å². The molecule has 3 nitrogen and oxygen atoms in total. The molecule has 0 radical (unpaired) electrons. The van der Waals surface area contributed by atoms with E-state index in [0.29, 0.717) is 5.56 Å². The molecule has 5 aromatic carbocycles. The number of carboxylic acid groups (broad SMARTS) is 1. The molecule has 47 heavy (non-hydrogen) atoms. The van der Waals surface area contributed by atoms with Gasteiger partial charge in [0.05, 0.1) is 22.4 Å². The second-order valence-electron chi connectivity index (χ2n) is 16.4. The topological polar surface area (TPSA) is 40.5 Å². The Morgan fingerprint density at radius 2 is 1.04 bits per heavy atom. The van der Waals surface area contributed by atoms with E-state index in [-0.39, 0.29) is 16.2 Å². The first-order chi connectivity index (χ1) is 22.0. The molecular formula is C44H45NO2. The minimum atomic E-state index is -0.923. The zero-order valence-electron chi connectivity index (χ0n) is 29.1. The molecule has 238 valence electrons. The van der Waals surface area contributed by atoms with Crippen molar-refractivity contribution in [1.82, 2.24) is 0 Å². The summed E-state index contributed by atoms with van der Waals surface area (Å²) in [7, 11) is 0. The van der Waals surface area contributed by atoms with Crippen LogP contribution in [-0.4, -0.2) is 11.1 Å². The van der Waals surface area contributed by atoms with Crippen LogP contribution in [0.3, 0.4) is 0 Å². The number of benzene rings is 5. The summed E-state index contributed by atoms with van der Waals surface area (Å²) in [5, 5.41) is 11.0. The summed E-state index contributed by atoms with van der Waals surface area (Å²) in [6.07, 6.45) is 0. The van der Waals surface area contributed by atoms with Crippen LogP contribution in [0.2, 0.25) is 0 Å². The predicted molar refractivity (Wildman–Crippen MR) is 195 cm³/mol. The Morgan fingerprint density at radius 1 is 0.553 bits per heavy atom. The molecule has 1 aliphatic carbocycles. The predicted octanol–water partition coefficient (Wildman–Crippen LogP) is 11.4. The summed E-state index contributed by atoms with van der Waals surface area (Å²) in [6.45, 7) is 19.9. The number of anilines is 3. The van der Waals surface area contributed by atoms with Crippen LogP contribution in [-0.2, 0) is 21.7 Å². The first kappa shape index (κ1) is 31.0. The van der Waals surface area contributed by atoms with Gasteiger partial charge in [-0.2, -0.15) is 0 Å². The van der Waals surface area contributed by atoms with Crippen LogP contribution in [0.1, 0.15) is 112 Å². The molecule has 0 aromatic heterocycles. The maximum Gasteiger partial charge on any atom is 0.337 e. The van der Waals surface area contributed by atoms with Crippen LogP contribution >= 0.6 is 0 Å². The third-order valence-electron chi connectivity index (χ3n) is 10.3. The largest absolute Gasteiger partial charge is 0.478 e. The molecule has 0 saturated heterocycles. The van der Waals surface area contributed by atoms with Crippen LogP contribution in [0, 0.1) is 0 Å². The van der Waals surface area contributed by atoms with Gasteiger partial charge >= 0.3 is 5.97 Å². The second kappa shape index (κ2) is 10.2. The molecule has 1 aliphatic heterocycles. The van der Waals surface area contributed by atoms with E-state index in [1.54, 1.807) is 0 Å². The number of carboxylic acids is 1. The minimum absolute atomic E-state index is 0.00693. The summed E-state index contributed by atoms with van der Waals surface area (Å²) >= 11 is 0. The molecule has 0 unspecified atom stereocenters. The minimum Gasteiger partial charge on any atom is -0.478 e. The van der Waals surface area contributed by atoms with Crippen molar-refractivity contribution in [1.29, 1.82) is 0 Å². The van der Waals surface area contributed by atoms with E-state index < -0.39 is 11.4 Å². The molecule has 7 rings (SSSR count). The summed E-state index contributed by atoms with van der Waals surface area (Å²) in [5.41, 5.74) is 12.4. The lowest BCUT2D eigenvalue weighted by Crippen LogP contribution is -2.38. The van der Waals surface area contributed by atoms with Gasteiger partial charge in [-0.1, -0.05) is 141 Å². The smallest absolute Gasteiger partial charge is 0.337 e. The van der Waals surface area contributed by atoms with E-state index >= 15 is 0 Å². The Morgan fingerprint density at radius 3 is 1.55 bits per heavy atom. The van der Waals surface area contributed by atoms with Crippen molar-refractivity contribution in [3.8, 4) is 11.1 Å². The molecule has 5 aromatic rings. The van der Waals surface area contributed by atoms with E-state index in [1.807, 2.05) is 6.07 Å². The van der Waals surface area contributed by atoms with E-state index in [1.165, 1.54) is 38.9 Å². The lowest BCUT2D eigenvalue weighted by molar-refractivity contribution is 0.0697. The van der Waals surface area contributed by atoms with Crippen LogP contribution in [0.25, 0.3) is 11.1 Å². The first-order valence-corrected chi connectivity index (χ1v) is 16.7. The zero-order chi connectivity index (χ0) is 33.7. The normalized spacial score (nSPS) is 14.8. The van der Waals surface area contributed by atoms with Crippen molar-refractivity contribution in [3.05, 3.63) is 148 Å². The number of hydrogen-bond donors (Lipinski definition) is 1. The van der Waals surface area contributed by atoms with Crippen molar-refractivity contribution in [3.63, 3.8) is 0 Å². The molecule has 0 saturated carbocycles. The monoisotopic (exact) mass is 619 g/mol. The fourth-order valence-electron chi connectivity index (χ4n) is 7.71. The van der Waals surface area contributed by atoms with E-state index in [0.717, 1.165) is 28.2 Å². The molecule has 1 N–H and O–H groups in total. The van der Waals surface area contributed by atoms with Crippen molar-refractivity contribution >= 4 is 23.0 Å². The summed E-state index contributed by atoms with van der Waals surface area (Å²) < 4.78 is 0. The lowest BCUT2D eigenvalue weighted by Gasteiger charge is -2.46. The van der Waals surface area contributed by atoms with Crippen molar-refractivity contribution < 1.29 is 9.90 Å². The fraction of sp³-hybridized carbons (Fsp3) is 0.295. The van der Waals surface area contributed by atoms with Gasteiger partial charge in [0.15, 0.2) is 0 Å². The summed E-state index contributed by atoms with van der Waals surface area (Å²) in [6, 6.07) is 37.2. The number of nitrogens with zero attached hydrogens (tertiary/aromatic N) is 1. The lowest BCUT2D eigenvalue weighted by atomic mass is 9.62. The first-order valence-electron chi connectivity index (χ1n) is 16.7. The second-order valence-corrected chi connectivity index (χ2v) is 16.4. The van der Waals surface area contributed by atoms with Gasteiger partial charge < -0.3 is 10.0 Å². The van der Waals surface area contributed by atoms with Gasteiger partial charge in [0.25, 0.3) is 0 Å². The Hall–Kier alpha value is -4.63. The fourth-order valence-corrected chi connectivity index (χ4v) is 7.71. The highest BCUT2D eigenvalue weighted by Crippen LogP contribution is 2.64. The standard InChI is InChI=1S/C44H45NO2/c1-41(2,3)27-18-21-30(22-19-27)45-38-23-20-28(42(4,5)6)25-36(38)44(34-16-12-10-14-31(34)32-15-11-13-17-35(32)44)37-26-29(43(7,8)9)24-33(39(37)45)40(46)47/h10-26H,1-9H3,(H,46,47). The number of hydrogen-bond acceptors (Lipinski definition) is 2. The zero-order valence-corrected chi connectivity index (χ0v) is 29.1. The van der Waals surface area contributed by atoms with Gasteiger partial charge in [0.1, 0.15) is 0 Å². The average Bonchev–Trinajstić information content (AvgIpc) is 3.30. The summed E-state index contributed by atoms with van der Waals surface area (Å²) in [4.78, 5) is 15.7. The van der Waals surface area contributed by atoms with Gasteiger partial charge in [-0.05, 0) is 90.6 Å². The Labute approximate surface area is 279 Å². The highest BCUT2D eigenvalue weighted by molar-refractivity contribution is 6.04. The maximum absolute atomic E-state index is 13.5. The van der Waals surface area contributed by atoms with Crippen LogP contribution in [0.15, 0.2) is 103 Å². The molecule has 0 fully saturated rings. The molecule has 1 heterocycles. The third kappa shape index (κ3) is 4.58. The van der Waals surface area contributed by atoms with Crippen LogP contribution < -0.4 is 4.90 Å². The molecule has 1 spiro atoms. The Kier molecular flexibility index (Phi) is 6.72. The number of aromatic carboxylic acids is 1. The molecule has 2 aliphatic rings. The van der Waals surface area contributed by atoms with Crippen molar-refractivity contribution in [2.45, 2.75) is 84.0 Å². The van der Waals surface area contributed by atoms with Crippen LogP contribution in [0.5, 0.6) is 0 Å². The third-order valence-corrected chi connectivity index (χ3v) is 10.3. The van der Waals surface area contributed by atoms with Gasteiger partial charge in [-0.3, -0.25) is 0 Å². The van der Waals surface area contributed by atoms with E-state index in [4.69, 9.17) is 0 Å². The van der Waals surface area contributed by atoms with Gasteiger partial charge in [0, 0.05) is 5.69 Å². The molecule has 0 atom stereocenters. The van der Waals surface area contributed by atoms with Gasteiger partial charge in [-0.15, -0.1) is 0 Å².